The van der Waals surface area contributed by atoms with Crippen molar-refractivity contribution in [1.82, 2.24) is 25.0 Å². The summed E-state index contributed by atoms with van der Waals surface area (Å²) in [5.74, 6) is 1.93. The molecule has 3 rings (SSSR count). The zero-order valence-corrected chi connectivity index (χ0v) is 16.1. The lowest BCUT2D eigenvalue weighted by atomic mass is 10.0. The number of nitrogens with one attached hydrogen (secondary N) is 1. The van der Waals surface area contributed by atoms with Crippen LogP contribution in [0.5, 0.6) is 0 Å². The van der Waals surface area contributed by atoms with E-state index in [-0.39, 0.29) is 18.2 Å². The maximum atomic E-state index is 12.5. The summed E-state index contributed by atoms with van der Waals surface area (Å²) in [5, 5.41) is 8.19. The van der Waals surface area contributed by atoms with Gasteiger partial charge in [0.25, 0.3) is 0 Å². The van der Waals surface area contributed by atoms with E-state index in [1.165, 1.54) is 0 Å². The fraction of sp³-hybridized carbons (Fsp3) is 0.833. The first-order chi connectivity index (χ1) is 11.7. The number of amides is 1. The van der Waals surface area contributed by atoms with E-state index in [0.717, 1.165) is 50.4 Å². The van der Waals surface area contributed by atoms with Gasteiger partial charge >= 0.3 is 6.09 Å². The normalized spacial score (nSPS) is 24.9. The predicted molar refractivity (Wildman–Crippen MR) is 95.4 cm³/mol. The first kappa shape index (κ1) is 18.2. The summed E-state index contributed by atoms with van der Waals surface area (Å²) < 4.78 is 7.60. The highest BCUT2D eigenvalue weighted by atomic mass is 16.6. The second-order valence-electron chi connectivity index (χ2n) is 8.33. The first-order valence-electron chi connectivity index (χ1n) is 9.39. The summed E-state index contributed by atoms with van der Waals surface area (Å²) in [4.78, 5) is 18.9. The van der Waals surface area contributed by atoms with Crippen LogP contribution in [0.25, 0.3) is 0 Å². The van der Waals surface area contributed by atoms with Gasteiger partial charge in [-0.1, -0.05) is 0 Å². The zero-order valence-electron chi connectivity index (χ0n) is 16.1. The van der Waals surface area contributed by atoms with E-state index in [1.807, 2.05) is 37.3 Å². The van der Waals surface area contributed by atoms with Crippen LogP contribution in [0.2, 0.25) is 0 Å². The van der Waals surface area contributed by atoms with Crippen LogP contribution in [0.1, 0.15) is 58.6 Å². The lowest BCUT2D eigenvalue weighted by Crippen LogP contribution is -2.53. The van der Waals surface area contributed by atoms with Crippen LogP contribution >= 0.6 is 0 Å². The molecule has 0 radical (unpaired) electrons. The van der Waals surface area contributed by atoms with E-state index < -0.39 is 5.60 Å². The van der Waals surface area contributed by atoms with E-state index >= 15 is 0 Å². The molecule has 2 aliphatic heterocycles. The number of fused-ring (bicyclic) bond motifs is 1. The maximum absolute atomic E-state index is 12.5. The molecule has 7 heteroatoms. The van der Waals surface area contributed by atoms with Gasteiger partial charge in [0.1, 0.15) is 17.2 Å². The van der Waals surface area contributed by atoms with E-state index in [0.29, 0.717) is 6.04 Å². The number of likely N-dealkylation sites (tertiary alicyclic amines) is 1. The average Bonchev–Trinajstić information content (AvgIpc) is 3.10. The van der Waals surface area contributed by atoms with Gasteiger partial charge in [0.15, 0.2) is 0 Å². The molecule has 0 spiro atoms. The third kappa shape index (κ3) is 4.32. The maximum Gasteiger partial charge on any atom is 0.410 e. The predicted octanol–water partition coefficient (Wildman–Crippen LogP) is 2.28. The summed E-state index contributed by atoms with van der Waals surface area (Å²) in [5.41, 5.74) is -0.453. The fourth-order valence-corrected chi connectivity index (χ4v) is 3.91. The Morgan fingerprint density at radius 2 is 2.12 bits per heavy atom. The lowest BCUT2D eigenvalue weighted by Gasteiger charge is -2.35. The zero-order chi connectivity index (χ0) is 18.2. The van der Waals surface area contributed by atoms with Crippen LogP contribution in [0, 0.1) is 6.92 Å². The molecule has 0 bridgehead atoms. The van der Waals surface area contributed by atoms with E-state index in [2.05, 4.69) is 22.3 Å². The van der Waals surface area contributed by atoms with Gasteiger partial charge in [0, 0.05) is 25.0 Å². The Morgan fingerprint density at radius 1 is 1.36 bits per heavy atom. The van der Waals surface area contributed by atoms with E-state index in [1.54, 1.807) is 0 Å². The molecule has 1 aromatic rings. The Kier molecular flexibility index (Phi) is 5.04. The summed E-state index contributed by atoms with van der Waals surface area (Å²) in [6, 6.07) is 0.782. The molecule has 1 saturated heterocycles. The van der Waals surface area contributed by atoms with E-state index in [9.17, 15) is 4.79 Å². The number of carbonyl (C=O) groups is 1. The molecule has 3 heterocycles. The minimum atomic E-state index is -0.453. The SMILES string of the molecule is Cc1nc2n(n1)C[C@H](N[C@H](C)[C@H]1CCCN1C(=O)OC(C)(C)C)CC2. The number of nitrogens with zero attached hydrogens (tertiary/aromatic N) is 4. The van der Waals surface area contributed by atoms with Crippen molar-refractivity contribution in [3.05, 3.63) is 11.6 Å². The molecular weight excluding hydrogens is 318 g/mol. The molecule has 25 heavy (non-hydrogen) atoms. The highest BCUT2D eigenvalue weighted by molar-refractivity contribution is 5.69. The second-order valence-corrected chi connectivity index (χ2v) is 8.33. The number of aromatic nitrogens is 3. The van der Waals surface area contributed by atoms with Crippen molar-refractivity contribution >= 4 is 6.09 Å². The molecule has 1 fully saturated rings. The van der Waals surface area contributed by atoms with Crippen LogP contribution in [0.4, 0.5) is 4.79 Å². The van der Waals surface area contributed by atoms with Crippen LogP contribution < -0.4 is 5.32 Å². The van der Waals surface area contributed by atoms with Gasteiger partial charge in [0.05, 0.1) is 12.6 Å². The molecule has 7 nitrogen and oxygen atoms in total. The van der Waals surface area contributed by atoms with Crippen molar-refractivity contribution in [3.8, 4) is 0 Å². The topological polar surface area (TPSA) is 72.3 Å². The number of carbonyl (C=O) groups excluding carboxylic acids is 1. The number of hydrogen-bond acceptors (Lipinski definition) is 5. The van der Waals surface area contributed by atoms with Crippen molar-refractivity contribution in [3.63, 3.8) is 0 Å². The summed E-state index contributed by atoms with van der Waals surface area (Å²) in [6.45, 7) is 11.5. The van der Waals surface area contributed by atoms with Crippen LogP contribution in [-0.2, 0) is 17.7 Å². The average molecular weight is 349 g/mol. The second kappa shape index (κ2) is 6.94. The molecule has 2 aliphatic rings. The Morgan fingerprint density at radius 3 is 2.84 bits per heavy atom. The molecule has 1 amide bonds. The minimum absolute atomic E-state index is 0.189. The third-order valence-corrected chi connectivity index (χ3v) is 4.97. The monoisotopic (exact) mass is 349 g/mol. The van der Waals surface area contributed by atoms with Gasteiger partial charge in [-0.05, 0) is 53.9 Å². The van der Waals surface area contributed by atoms with Gasteiger partial charge in [0.2, 0.25) is 0 Å². The molecule has 0 aromatic carbocycles. The van der Waals surface area contributed by atoms with Crippen molar-refractivity contribution in [1.29, 1.82) is 0 Å². The molecule has 0 unspecified atom stereocenters. The van der Waals surface area contributed by atoms with Crippen molar-refractivity contribution in [2.75, 3.05) is 6.54 Å². The van der Waals surface area contributed by atoms with Gasteiger partial charge < -0.3 is 15.0 Å². The summed E-state index contributed by atoms with van der Waals surface area (Å²) in [6.07, 6.45) is 3.87. The highest BCUT2D eigenvalue weighted by Gasteiger charge is 2.36. The lowest BCUT2D eigenvalue weighted by molar-refractivity contribution is 0.0195. The summed E-state index contributed by atoms with van der Waals surface area (Å²) in [7, 11) is 0. The van der Waals surface area contributed by atoms with E-state index in [4.69, 9.17) is 4.74 Å². The fourth-order valence-electron chi connectivity index (χ4n) is 3.91. The molecule has 140 valence electrons. The van der Waals surface area contributed by atoms with Gasteiger partial charge in [-0.25, -0.2) is 14.5 Å². The Labute approximate surface area is 150 Å². The molecular formula is C18H31N5O2. The van der Waals surface area contributed by atoms with Gasteiger partial charge in [-0.3, -0.25) is 0 Å². The van der Waals surface area contributed by atoms with Crippen LogP contribution in [0.3, 0.4) is 0 Å². The molecule has 3 atom stereocenters. The Bertz CT molecular complexity index is 621. The van der Waals surface area contributed by atoms with Crippen LogP contribution in [-0.4, -0.2) is 56.0 Å². The first-order valence-corrected chi connectivity index (χ1v) is 9.39. The standard InChI is InChI=1S/C18H31N5O2/c1-12(15-7-6-10-22(15)17(24)25-18(3,4)5)19-14-8-9-16-20-13(2)21-23(16)11-14/h12,14-15,19H,6-11H2,1-5H3/t12-,14-,15-/m1/s1. The third-order valence-electron chi connectivity index (χ3n) is 4.97. The highest BCUT2D eigenvalue weighted by Crippen LogP contribution is 2.24. The number of aryl methyl sites for hydroxylation is 2. The minimum Gasteiger partial charge on any atom is -0.444 e. The van der Waals surface area contributed by atoms with Gasteiger partial charge in [-0.2, -0.15) is 5.10 Å². The van der Waals surface area contributed by atoms with Crippen molar-refractivity contribution in [2.45, 2.75) is 90.6 Å². The quantitative estimate of drug-likeness (QED) is 0.906. The Balaban J connectivity index is 1.59. The van der Waals surface area contributed by atoms with Crippen LogP contribution in [0.15, 0.2) is 0 Å². The Hall–Kier alpha value is -1.63. The largest absolute Gasteiger partial charge is 0.444 e. The summed E-state index contributed by atoms with van der Waals surface area (Å²) >= 11 is 0. The number of ether oxygens (including phenoxy) is 1. The molecule has 1 N–H and O–H groups in total. The van der Waals surface area contributed by atoms with Crippen molar-refractivity contribution < 1.29 is 9.53 Å². The number of rotatable bonds is 3. The smallest absolute Gasteiger partial charge is 0.410 e. The molecule has 0 saturated carbocycles. The molecule has 1 aromatic heterocycles. The number of hydrogen-bond donors (Lipinski definition) is 1. The van der Waals surface area contributed by atoms with Crippen molar-refractivity contribution in [2.24, 2.45) is 0 Å². The molecule has 0 aliphatic carbocycles. The van der Waals surface area contributed by atoms with Gasteiger partial charge in [-0.15, -0.1) is 0 Å².